The largest absolute Gasteiger partial charge is 0.416 e. The summed E-state index contributed by atoms with van der Waals surface area (Å²) in [6.07, 6.45) is -4.46. The number of carbonyl (C=O) groups excluding carboxylic acids is 2. The van der Waals surface area contributed by atoms with Crippen LogP contribution in [0, 0.1) is 19.8 Å². The Hall–Kier alpha value is -2.83. The molecule has 0 aromatic heterocycles. The van der Waals surface area contributed by atoms with Crippen molar-refractivity contribution in [2.75, 3.05) is 16.8 Å². The van der Waals surface area contributed by atoms with E-state index in [4.69, 9.17) is 0 Å². The van der Waals surface area contributed by atoms with E-state index in [-0.39, 0.29) is 24.6 Å². The predicted molar refractivity (Wildman–Crippen MR) is 96.4 cm³/mol. The summed E-state index contributed by atoms with van der Waals surface area (Å²) in [5, 5.41) is 2.49. The van der Waals surface area contributed by atoms with E-state index in [9.17, 15) is 22.8 Å². The van der Waals surface area contributed by atoms with Gasteiger partial charge in [-0.3, -0.25) is 9.59 Å². The summed E-state index contributed by atoms with van der Waals surface area (Å²) in [5.74, 6) is -1.26. The summed E-state index contributed by atoms with van der Waals surface area (Å²) in [6.45, 7) is 4.05. The van der Waals surface area contributed by atoms with E-state index in [1.165, 1.54) is 12.1 Å². The van der Waals surface area contributed by atoms with Crippen LogP contribution in [0.25, 0.3) is 0 Å². The molecule has 2 aromatic rings. The molecule has 0 bridgehead atoms. The maximum absolute atomic E-state index is 12.8. The minimum atomic E-state index is -4.48. The van der Waals surface area contributed by atoms with Crippen LogP contribution >= 0.6 is 0 Å². The molecule has 3 rings (SSSR count). The van der Waals surface area contributed by atoms with Crippen LogP contribution in [0.4, 0.5) is 24.5 Å². The van der Waals surface area contributed by atoms with E-state index < -0.39 is 23.6 Å². The van der Waals surface area contributed by atoms with Gasteiger partial charge in [-0.25, -0.2) is 0 Å². The number of amides is 2. The van der Waals surface area contributed by atoms with Gasteiger partial charge in [0.05, 0.1) is 11.5 Å². The highest BCUT2D eigenvalue weighted by atomic mass is 19.4. The van der Waals surface area contributed by atoms with Crippen molar-refractivity contribution in [3.63, 3.8) is 0 Å². The van der Waals surface area contributed by atoms with Gasteiger partial charge in [-0.2, -0.15) is 13.2 Å². The fourth-order valence-electron chi connectivity index (χ4n) is 3.24. The molecule has 27 heavy (non-hydrogen) atoms. The highest BCUT2D eigenvalue weighted by Crippen LogP contribution is 2.32. The van der Waals surface area contributed by atoms with Gasteiger partial charge in [0.1, 0.15) is 0 Å². The first-order valence-electron chi connectivity index (χ1n) is 8.51. The summed E-state index contributed by atoms with van der Waals surface area (Å²) in [5.41, 5.74) is 1.98. The third kappa shape index (κ3) is 4.13. The molecular formula is C20H19F3N2O2. The Morgan fingerprint density at radius 2 is 1.89 bits per heavy atom. The molecule has 1 N–H and O–H groups in total. The van der Waals surface area contributed by atoms with Crippen LogP contribution in [0.15, 0.2) is 42.5 Å². The number of hydrogen-bond acceptors (Lipinski definition) is 2. The van der Waals surface area contributed by atoms with Crippen LogP contribution in [-0.2, 0) is 15.8 Å². The van der Waals surface area contributed by atoms with E-state index in [0.29, 0.717) is 0 Å². The minimum absolute atomic E-state index is 0.0259. The normalized spacial score (nSPS) is 17.3. The molecule has 1 heterocycles. The summed E-state index contributed by atoms with van der Waals surface area (Å²) >= 11 is 0. The first-order chi connectivity index (χ1) is 12.6. The zero-order valence-electron chi connectivity index (χ0n) is 14.9. The van der Waals surface area contributed by atoms with E-state index in [0.717, 1.165) is 28.9 Å². The highest BCUT2D eigenvalue weighted by molar-refractivity contribution is 6.03. The molecule has 1 aliphatic heterocycles. The first-order valence-corrected chi connectivity index (χ1v) is 8.51. The van der Waals surface area contributed by atoms with Crippen LogP contribution < -0.4 is 10.2 Å². The van der Waals surface area contributed by atoms with Crippen molar-refractivity contribution in [1.29, 1.82) is 0 Å². The summed E-state index contributed by atoms with van der Waals surface area (Å²) < 4.78 is 38.4. The lowest BCUT2D eigenvalue weighted by molar-refractivity contribution is -0.137. The minimum Gasteiger partial charge on any atom is -0.326 e. The van der Waals surface area contributed by atoms with Crippen LogP contribution in [0.1, 0.15) is 23.1 Å². The monoisotopic (exact) mass is 376 g/mol. The zero-order chi connectivity index (χ0) is 19.8. The average Bonchev–Trinajstić information content (AvgIpc) is 2.96. The summed E-state index contributed by atoms with van der Waals surface area (Å²) in [6, 6.07) is 10.2. The number of aryl methyl sites for hydroxylation is 2. The fraction of sp³-hybridized carbons (Fsp3) is 0.300. The summed E-state index contributed by atoms with van der Waals surface area (Å²) in [7, 11) is 0. The lowest BCUT2D eigenvalue weighted by Crippen LogP contribution is -2.28. The van der Waals surface area contributed by atoms with Crippen molar-refractivity contribution in [2.24, 2.45) is 5.92 Å². The number of anilines is 2. The molecule has 2 aromatic carbocycles. The maximum Gasteiger partial charge on any atom is 0.416 e. The molecule has 1 fully saturated rings. The van der Waals surface area contributed by atoms with Crippen LogP contribution in [0.2, 0.25) is 0 Å². The smallest absolute Gasteiger partial charge is 0.326 e. The second-order valence-corrected chi connectivity index (χ2v) is 6.76. The van der Waals surface area contributed by atoms with Crippen molar-refractivity contribution in [3.05, 3.63) is 59.2 Å². The molecule has 142 valence electrons. The number of halogens is 3. The molecule has 0 spiro atoms. The van der Waals surface area contributed by atoms with E-state index >= 15 is 0 Å². The quantitative estimate of drug-likeness (QED) is 0.868. The molecule has 0 unspecified atom stereocenters. The van der Waals surface area contributed by atoms with Crippen LogP contribution in [0.3, 0.4) is 0 Å². The molecule has 0 radical (unpaired) electrons. The van der Waals surface area contributed by atoms with E-state index in [1.807, 2.05) is 32.0 Å². The maximum atomic E-state index is 12.8. The molecule has 7 heteroatoms. The third-order valence-corrected chi connectivity index (χ3v) is 4.60. The Morgan fingerprint density at radius 3 is 2.56 bits per heavy atom. The first kappa shape index (κ1) is 18.9. The van der Waals surface area contributed by atoms with Gasteiger partial charge in [0.15, 0.2) is 0 Å². The second-order valence-electron chi connectivity index (χ2n) is 6.76. The van der Waals surface area contributed by atoms with Crippen molar-refractivity contribution in [2.45, 2.75) is 26.4 Å². The Kier molecular flexibility index (Phi) is 4.95. The van der Waals surface area contributed by atoms with Crippen molar-refractivity contribution in [3.8, 4) is 0 Å². The molecule has 4 nitrogen and oxygen atoms in total. The van der Waals surface area contributed by atoms with Gasteiger partial charge < -0.3 is 10.2 Å². The standard InChI is InChI=1S/C20H19F3N2O2/c1-12-6-7-17(13(2)8-12)25-11-14(9-18(25)26)19(27)24-16-5-3-4-15(10-16)20(21,22)23/h3-8,10,14H,9,11H2,1-2H3,(H,24,27)/t14-/m0/s1. The Labute approximate surface area is 155 Å². The van der Waals surface area contributed by atoms with Crippen LogP contribution in [0.5, 0.6) is 0 Å². The van der Waals surface area contributed by atoms with Gasteiger partial charge in [0.25, 0.3) is 0 Å². The molecule has 0 aliphatic carbocycles. The number of rotatable bonds is 3. The second kappa shape index (κ2) is 7.06. The lowest BCUT2D eigenvalue weighted by atomic mass is 10.1. The molecule has 1 atom stereocenters. The number of carbonyl (C=O) groups is 2. The van der Waals surface area contributed by atoms with E-state index in [1.54, 1.807) is 4.90 Å². The van der Waals surface area contributed by atoms with Crippen LogP contribution in [-0.4, -0.2) is 18.4 Å². The molecular weight excluding hydrogens is 357 g/mol. The number of nitrogens with one attached hydrogen (secondary N) is 1. The Balaban J connectivity index is 1.73. The topological polar surface area (TPSA) is 49.4 Å². The zero-order valence-corrected chi connectivity index (χ0v) is 14.9. The number of benzene rings is 2. The molecule has 0 saturated carbocycles. The van der Waals surface area contributed by atoms with Crippen molar-refractivity contribution < 1.29 is 22.8 Å². The molecule has 1 aliphatic rings. The SMILES string of the molecule is Cc1ccc(N2C[C@@H](C(=O)Nc3cccc(C(F)(F)F)c3)CC2=O)c(C)c1. The van der Waals surface area contributed by atoms with E-state index in [2.05, 4.69) is 5.32 Å². The number of alkyl halides is 3. The van der Waals surface area contributed by atoms with Gasteiger partial charge >= 0.3 is 6.18 Å². The van der Waals surface area contributed by atoms with Gasteiger partial charge in [-0.05, 0) is 43.7 Å². The third-order valence-electron chi connectivity index (χ3n) is 4.60. The van der Waals surface area contributed by atoms with Gasteiger partial charge in [-0.15, -0.1) is 0 Å². The van der Waals surface area contributed by atoms with Gasteiger partial charge in [0.2, 0.25) is 11.8 Å². The summed E-state index contributed by atoms with van der Waals surface area (Å²) in [4.78, 5) is 26.4. The Bertz CT molecular complexity index is 893. The number of nitrogens with zero attached hydrogens (tertiary/aromatic N) is 1. The predicted octanol–water partition coefficient (Wildman–Crippen LogP) is 4.31. The Morgan fingerprint density at radius 1 is 1.15 bits per heavy atom. The van der Waals surface area contributed by atoms with Gasteiger partial charge in [0, 0.05) is 24.3 Å². The van der Waals surface area contributed by atoms with Crippen molar-refractivity contribution in [1.82, 2.24) is 0 Å². The highest BCUT2D eigenvalue weighted by Gasteiger charge is 2.36. The fourth-order valence-corrected chi connectivity index (χ4v) is 3.24. The van der Waals surface area contributed by atoms with Crippen molar-refractivity contribution >= 4 is 23.2 Å². The number of hydrogen-bond donors (Lipinski definition) is 1. The average molecular weight is 376 g/mol. The molecule has 1 saturated heterocycles. The lowest BCUT2D eigenvalue weighted by Gasteiger charge is -2.19. The molecule has 2 amide bonds. The van der Waals surface area contributed by atoms with Gasteiger partial charge in [-0.1, -0.05) is 23.8 Å².